The first-order chi connectivity index (χ1) is 14.6. The average molecular weight is 452 g/mol. The molecule has 0 saturated carbocycles. The predicted octanol–water partition coefficient (Wildman–Crippen LogP) is 3.54. The van der Waals surface area contributed by atoms with E-state index in [1.807, 2.05) is 34.6 Å². The van der Waals surface area contributed by atoms with Crippen LogP contribution in [0, 0.1) is 17.3 Å². The van der Waals surface area contributed by atoms with E-state index >= 15 is 0 Å². The number of likely N-dealkylation sites (tertiary alicyclic amines) is 1. The normalized spacial score (nSPS) is 22.6. The van der Waals surface area contributed by atoms with Crippen LogP contribution in [0.2, 0.25) is 0 Å². The molecule has 184 valence electrons. The summed E-state index contributed by atoms with van der Waals surface area (Å²) in [6, 6.07) is -1.10. The van der Waals surface area contributed by atoms with E-state index in [4.69, 9.17) is 0 Å². The maximum atomic E-state index is 13.6. The molecule has 7 heteroatoms. The van der Waals surface area contributed by atoms with Crippen LogP contribution in [0.3, 0.4) is 0 Å². The van der Waals surface area contributed by atoms with Crippen LogP contribution in [0.4, 0.5) is 0 Å². The van der Waals surface area contributed by atoms with Crippen molar-refractivity contribution in [3.8, 4) is 0 Å². The Morgan fingerprint density at radius 3 is 2.12 bits per heavy atom. The van der Waals surface area contributed by atoms with Crippen molar-refractivity contribution in [1.29, 1.82) is 0 Å². The summed E-state index contributed by atoms with van der Waals surface area (Å²) in [5.41, 5.74) is -0.304. The van der Waals surface area contributed by atoms with Gasteiger partial charge in [-0.25, -0.2) is 4.79 Å². The fourth-order valence-corrected chi connectivity index (χ4v) is 4.36. The SMILES string of the molecule is C/C(=C\[C@H](C(C)C)N(C)C(=O)[C@@H](NC(=O)C1CC[C@@H](C)CN1C(C)C)C(C)(C)C)C(=O)O. The lowest BCUT2D eigenvalue weighted by atomic mass is 9.84. The molecule has 0 aromatic carbocycles. The van der Waals surface area contributed by atoms with Crippen LogP contribution in [0.5, 0.6) is 0 Å². The summed E-state index contributed by atoms with van der Waals surface area (Å²) in [4.78, 5) is 42.1. The van der Waals surface area contributed by atoms with Crippen molar-refractivity contribution in [1.82, 2.24) is 15.1 Å². The number of carbonyl (C=O) groups is 3. The summed E-state index contributed by atoms with van der Waals surface area (Å²) in [5, 5.41) is 12.4. The van der Waals surface area contributed by atoms with Crippen molar-refractivity contribution in [3.05, 3.63) is 11.6 Å². The van der Waals surface area contributed by atoms with Gasteiger partial charge in [-0.3, -0.25) is 14.5 Å². The van der Waals surface area contributed by atoms with Gasteiger partial charge < -0.3 is 15.3 Å². The molecule has 1 unspecified atom stereocenters. The Morgan fingerprint density at radius 2 is 1.69 bits per heavy atom. The molecule has 0 aromatic rings. The fraction of sp³-hybridized carbons (Fsp3) is 0.800. The number of carboxylic acid groups (broad SMARTS) is 1. The van der Waals surface area contributed by atoms with E-state index in [9.17, 15) is 19.5 Å². The number of carboxylic acids is 1. The van der Waals surface area contributed by atoms with E-state index in [1.165, 1.54) is 6.92 Å². The molecule has 0 aromatic heterocycles. The van der Waals surface area contributed by atoms with Crippen molar-refractivity contribution < 1.29 is 19.5 Å². The number of carbonyl (C=O) groups excluding carboxylic acids is 2. The molecule has 32 heavy (non-hydrogen) atoms. The quantitative estimate of drug-likeness (QED) is 0.551. The van der Waals surface area contributed by atoms with Crippen LogP contribution >= 0.6 is 0 Å². The van der Waals surface area contributed by atoms with Crippen LogP contribution in [0.25, 0.3) is 0 Å². The first-order valence-electron chi connectivity index (χ1n) is 11.8. The van der Waals surface area contributed by atoms with Crippen molar-refractivity contribution in [2.45, 2.75) is 99.3 Å². The lowest BCUT2D eigenvalue weighted by Crippen LogP contribution is -2.61. The third-order valence-corrected chi connectivity index (χ3v) is 6.46. The summed E-state index contributed by atoms with van der Waals surface area (Å²) in [5.74, 6) is -0.753. The Bertz CT molecular complexity index is 708. The lowest BCUT2D eigenvalue weighted by Gasteiger charge is -2.42. The summed E-state index contributed by atoms with van der Waals surface area (Å²) in [7, 11) is 1.69. The van der Waals surface area contributed by atoms with Crippen LogP contribution < -0.4 is 5.32 Å². The number of hydrogen-bond acceptors (Lipinski definition) is 4. The molecule has 0 radical (unpaired) electrons. The summed E-state index contributed by atoms with van der Waals surface area (Å²) in [6.45, 7) is 18.5. The molecule has 4 atom stereocenters. The van der Waals surface area contributed by atoms with Crippen LogP contribution in [-0.4, -0.2) is 70.4 Å². The molecule has 0 spiro atoms. The van der Waals surface area contributed by atoms with Gasteiger partial charge in [-0.2, -0.15) is 0 Å². The molecule has 1 heterocycles. The molecule has 2 N–H and O–H groups in total. The van der Waals surface area contributed by atoms with Gasteiger partial charge in [0, 0.05) is 25.2 Å². The molecule has 1 rings (SSSR count). The largest absolute Gasteiger partial charge is 0.478 e. The van der Waals surface area contributed by atoms with Gasteiger partial charge in [-0.1, -0.05) is 47.6 Å². The molecule has 2 amide bonds. The molecular formula is C25H45N3O4. The van der Waals surface area contributed by atoms with E-state index in [0.29, 0.717) is 5.92 Å². The standard InChI is InChI=1S/C25H45N3O4/c1-15(2)20(13-18(6)24(31)32)27(10)23(30)21(25(7,8)9)26-22(29)19-12-11-17(5)14-28(19)16(3)4/h13,15-17,19-21H,11-12,14H2,1-10H3,(H,26,29)(H,31,32)/b18-13+/t17-,19?,20-,21-/m1/s1. The summed E-state index contributed by atoms with van der Waals surface area (Å²) < 4.78 is 0. The zero-order valence-electron chi connectivity index (χ0n) is 21.7. The second-order valence-corrected chi connectivity index (χ2v) is 11.1. The third kappa shape index (κ3) is 7.32. The number of hydrogen-bond donors (Lipinski definition) is 2. The summed E-state index contributed by atoms with van der Waals surface area (Å²) in [6.07, 6.45) is 3.39. The Morgan fingerprint density at radius 1 is 1.12 bits per heavy atom. The molecular weight excluding hydrogens is 406 g/mol. The fourth-order valence-electron chi connectivity index (χ4n) is 4.36. The van der Waals surface area contributed by atoms with E-state index in [2.05, 4.69) is 31.0 Å². The average Bonchev–Trinajstić information content (AvgIpc) is 2.67. The number of piperidine rings is 1. The Hall–Kier alpha value is -1.89. The molecule has 7 nitrogen and oxygen atoms in total. The minimum Gasteiger partial charge on any atom is -0.478 e. The molecule has 1 fully saturated rings. The van der Waals surface area contributed by atoms with Crippen molar-refractivity contribution in [2.24, 2.45) is 17.3 Å². The molecule has 0 aliphatic carbocycles. The summed E-state index contributed by atoms with van der Waals surface area (Å²) >= 11 is 0. The maximum absolute atomic E-state index is 13.6. The number of amides is 2. The first-order valence-corrected chi connectivity index (χ1v) is 11.8. The highest BCUT2D eigenvalue weighted by molar-refractivity contribution is 5.91. The highest BCUT2D eigenvalue weighted by Crippen LogP contribution is 2.27. The van der Waals surface area contributed by atoms with Gasteiger partial charge >= 0.3 is 5.97 Å². The first kappa shape index (κ1) is 28.1. The maximum Gasteiger partial charge on any atom is 0.331 e. The van der Waals surface area contributed by atoms with Gasteiger partial charge in [0.2, 0.25) is 11.8 Å². The number of likely N-dealkylation sites (N-methyl/N-ethyl adjacent to an activating group) is 1. The van der Waals surface area contributed by atoms with Crippen molar-refractivity contribution in [2.75, 3.05) is 13.6 Å². The van der Waals surface area contributed by atoms with E-state index < -0.39 is 17.4 Å². The predicted molar refractivity (Wildman–Crippen MR) is 128 cm³/mol. The van der Waals surface area contributed by atoms with Crippen LogP contribution in [0.1, 0.15) is 75.2 Å². The minimum atomic E-state index is -1.00. The van der Waals surface area contributed by atoms with Crippen molar-refractivity contribution >= 4 is 17.8 Å². The molecule has 1 aliphatic rings. The monoisotopic (exact) mass is 451 g/mol. The second-order valence-electron chi connectivity index (χ2n) is 11.1. The highest BCUT2D eigenvalue weighted by Gasteiger charge is 2.40. The topological polar surface area (TPSA) is 90.0 Å². The van der Waals surface area contributed by atoms with E-state index in [0.717, 1.165) is 19.4 Å². The molecule has 0 bridgehead atoms. The Labute approximate surface area is 194 Å². The number of rotatable bonds is 8. The van der Waals surface area contributed by atoms with Crippen molar-refractivity contribution in [3.63, 3.8) is 0 Å². The smallest absolute Gasteiger partial charge is 0.331 e. The second kappa shape index (κ2) is 11.3. The van der Waals surface area contributed by atoms with Gasteiger partial charge in [-0.15, -0.1) is 0 Å². The third-order valence-electron chi connectivity index (χ3n) is 6.46. The Kier molecular flexibility index (Phi) is 9.94. The lowest BCUT2D eigenvalue weighted by molar-refractivity contribution is -0.142. The van der Waals surface area contributed by atoms with E-state index in [-0.39, 0.29) is 41.4 Å². The van der Waals surface area contributed by atoms with Gasteiger partial charge in [0.1, 0.15) is 6.04 Å². The van der Waals surface area contributed by atoms with Gasteiger partial charge in [0.15, 0.2) is 0 Å². The van der Waals surface area contributed by atoms with Gasteiger partial charge in [-0.05, 0) is 50.9 Å². The van der Waals surface area contributed by atoms with E-state index in [1.54, 1.807) is 18.0 Å². The minimum absolute atomic E-state index is 0.0193. The highest BCUT2D eigenvalue weighted by atomic mass is 16.4. The zero-order chi connectivity index (χ0) is 25.0. The zero-order valence-corrected chi connectivity index (χ0v) is 21.7. The number of nitrogens with zero attached hydrogens (tertiary/aromatic N) is 2. The van der Waals surface area contributed by atoms with Crippen LogP contribution in [-0.2, 0) is 14.4 Å². The van der Waals surface area contributed by atoms with Crippen LogP contribution in [0.15, 0.2) is 11.6 Å². The van der Waals surface area contributed by atoms with Gasteiger partial charge in [0.05, 0.1) is 12.1 Å². The number of nitrogens with one attached hydrogen (secondary N) is 1. The Balaban J connectivity index is 3.17. The molecule has 1 saturated heterocycles. The molecule has 1 aliphatic heterocycles. The van der Waals surface area contributed by atoms with Gasteiger partial charge in [0.25, 0.3) is 0 Å². The number of aliphatic carboxylic acids is 1.